The van der Waals surface area contributed by atoms with Crippen molar-refractivity contribution in [1.29, 1.82) is 0 Å². The minimum absolute atomic E-state index is 0.0547. The lowest BCUT2D eigenvalue weighted by molar-refractivity contribution is 0.334. The molecule has 1 atom stereocenters. The second-order valence-corrected chi connectivity index (χ2v) is 10.0. The van der Waals surface area contributed by atoms with Crippen LogP contribution in [0.1, 0.15) is 33.1 Å². The molecule has 2 rings (SSSR count). The topological polar surface area (TPSA) is 80.8 Å². The van der Waals surface area contributed by atoms with E-state index in [-0.39, 0.29) is 16.4 Å². The summed E-state index contributed by atoms with van der Waals surface area (Å²) in [6, 6.07) is 5.81. The first-order valence-electron chi connectivity index (χ1n) is 8.25. The van der Waals surface area contributed by atoms with Gasteiger partial charge in [-0.05, 0) is 44.0 Å². The van der Waals surface area contributed by atoms with Crippen molar-refractivity contribution in [2.75, 3.05) is 24.7 Å². The molecule has 1 aliphatic rings. The van der Waals surface area contributed by atoms with Crippen LogP contribution in [-0.2, 0) is 19.9 Å². The van der Waals surface area contributed by atoms with Crippen LogP contribution in [-0.4, -0.2) is 51.8 Å². The summed E-state index contributed by atoms with van der Waals surface area (Å²) in [7, 11) is -6.87. The molecule has 0 bridgehead atoms. The van der Waals surface area contributed by atoms with Crippen molar-refractivity contribution in [3.05, 3.63) is 24.3 Å². The van der Waals surface area contributed by atoms with Gasteiger partial charge in [-0.2, -0.15) is 4.31 Å². The molecule has 1 saturated heterocycles. The highest BCUT2D eigenvalue weighted by Crippen LogP contribution is 2.26. The Bertz CT molecular complexity index is 741. The first kappa shape index (κ1) is 19.2. The Morgan fingerprint density at radius 3 is 2.38 bits per heavy atom. The first-order chi connectivity index (χ1) is 11.3. The van der Waals surface area contributed by atoms with Gasteiger partial charge < -0.3 is 4.74 Å². The van der Waals surface area contributed by atoms with Crippen molar-refractivity contribution in [3.8, 4) is 5.75 Å². The summed E-state index contributed by atoms with van der Waals surface area (Å²) in [5.74, 6) is 0.575. The average molecular weight is 376 g/mol. The molecule has 1 fully saturated rings. The van der Waals surface area contributed by atoms with Gasteiger partial charge in [0.15, 0.2) is 9.84 Å². The summed E-state index contributed by atoms with van der Waals surface area (Å²) < 4.78 is 56.2. The van der Waals surface area contributed by atoms with Crippen molar-refractivity contribution in [2.24, 2.45) is 0 Å². The summed E-state index contributed by atoms with van der Waals surface area (Å²) in [5, 5.41) is 0. The van der Waals surface area contributed by atoms with E-state index >= 15 is 0 Å². The Morgan fingerprint density at radius 1 is 1.21 bits per heavy atom. The number of sulfonamides is 1. The molecule has 0 aliphatic carbocycles. The van der Waals surface area contributed by atoms with Crippen LogP contribution in [0.2, 0.25) is 0 Å². The van der Waals surface area contributed by atoms with Crippen molar-refractivity contribution < 1.29 is 21.6 Å². The second-order valence-electron chi connectivity index (χ2n) is 5.93. The molecule has 0 saturated carbocycles. The van der Waals surface area contributed by atoms with E-state index in [1.807, 2.05) is 13.8 Å². The SMILES string of the molecule is CCCCN([C@@H]1CCS(=O)(=O)C1)S(=O)(=O)c1ccc(OCC)cc1. The van der Waals surface area contributed by atoms with Gasteiger partial charge in [-0.15, -0.1) is 0 Å². The van der Waals surface area contributed by atoms with Crippen molar-refractivity contribution in [2.45, 2.75) is 44.0 Å². The molecule has 1 heterocycles. The molecule has 8 heteroatoms. The zero-order valence-electron chi connectivity index (χ0n) is 14.1. The van der Waals surface area contributed by atoms with E-state index in [9.17, 15) is 16.8 Å². The third-order valence-corrected chi connectivity index (χ3v) is 7.81. The highest BCUT2D eigenvalue weighted by atomic mass is 32.2. The largest absolute Gasteiger partial charge is 0.494 e. The number of benzene rings is 1. The molecule has 6 nitrogen and oxygen atoms in total. The smallest absolute Gasteiger partial charge is 0.243 e. The minimum atomic E-state index is -3.73. The zero-order chi connectivity index (χ0) is 17.8. The first-order valence-corrected chi connectivity index (χ1v) is 11.5. The maximum Gasteiger partial charge on any atom is 0.243 e. The fourth-order valence-electron chi connectivity index (χ4n) is 2.83. The van der Waals surface area contributed by atoms with Crippen LogP contribution in [0.25, 0.3) is 0 Å². The van der Waals surface area contributed by atoms with Gasteiger partial charge >= 0.3 is 0 Å². The Kier molecular flexibility index (Phi) is 6.28. The van der Waals surface area contributed by atoms with Crippen LogP contribution in [0.3, 0.4) is 0 Å². The molecule has 0 spiro atoms. The lowest BCUT2D eigenvalue weighted by atomic mass is 10.2. The summed E-state index contributed by atoms with van der Waals surface area (Å²) in [6.07, 6.45) is 1.91. The second kappa shape index (κ2) is 7.84. The lowest BCUT2D eigenvalue weighted by Gasteiger charge is -2.27. The Hall–Kier alpha value is -1.12. The lowest BCUT2D eigenvalue weighted by Crippen LogP contribution is -2.41. The maximum absolute atomic E-state index is 13.0. The molecule has 0 unspecified atom stereocenters. The number of unbranched alkanes of at least 4 members (excludes halogenated alkanes) is 1. The Balaban J connectivity index is 2.29. The van der Waals surface area contributed by atoms with Crippen molar-refractivity contribution in [3.63, 3.8) is 0 Å². The molecule has 136 valence electrons. The van der Waals surface area contributed by atoms with Crippen LogP contribution in [0, 0.1) is 0 Å². The van der Waals surface area contributed by atoms with E-state index in [1.165, 1.54) is 16.4 Å². The summed E-state index contributed by atoms with van der Waals surface area (Å²) in [4.78, 5) is 0.173. The van der Waals surface area contributed by atoms with E-state index in [0.29, 0.717) is 31.7 Å². The van der Waals surface area contributed by atoms with Crippen molar-refractivity contribution in [1.82, 2.24) is 4.31 Å². The standard InChI is InChI=1S/C16H25NO5S2/c1-3-5-11-17(14-10-12-23(18,19)13-14)24(20,21)16-8-6-15(7-9-16)22-4-2/h6-9,14H,3-5,10-13H2,1-2H3/t14-/m1/s1. The highest BCUT2D eigenvalue weighted by molar-refractivity contribution is 7.92. The maximum atomic E-state index is 13.0. The Labute approximate surface area is 144 Å². The molecular weight excluding hydrogens is 350 g/mol. The van der Waals surface area contributed by atoms with Gasteiger partial charge in [0, 0.05) is 12.6 Å². The van der Waals surface area contributed by atoms with Gasteiger partial charge in [0.2, 0.25) is 10.0 Å². The summed E-state index contributed by atoms with van der Waals surface area (Å²) >= 11 is 0. The van der Waals surface area contributed by atoms with Gasteiger partial charge in [-0.1, -0.05) is 13.3 Å². The fraction of sp³-hybridized carbons (Fsp3) is 0.625. The van der Waals surface area contributed by atoms with Gasteiger partial charge in [0.25, 0.3) is 0 Å². The third kappa shape index (κ3) is 4.49. The summed E-state index contributed by atoms with van der Waals surface area (Å²) in [5.41, 5.74) is 0. The zero-order valence-corrected chi connectivity index (χ0v) is 15.8. The highest BCUT2D eigenvalue weighted by Gasteiger charge is 2.38. The van der Waals surface area contributed by atoms with Gasteiger partial charge in [0.05, 0.1) is 23.0 Å². The molecule has 24 heavy (non-hydrogen) atoms. The number of ether oxygens (including phenoxy) is 1. The number of sulfone groups is 1. The number of nitrogens with zero attached hydrogens (tertiary/aromatic N) is 1. The van der Waals surface area contributed by atoms with E-state index in [4.69, 9.17) is 4.74 Å². The molecule has 0 amide bonds. The summed E-state index contributed by atoms with van der Waals surface area (Å²) in [6.45, 7) is 4.69. The predicted molar refractivity (Wildman–Crippen MR) is 93.5 cm³/mol. The van der Waals surface area contributed by atoms with E-state index in [1.54, 1.807) is 12.1 Å². The molecule has 1 aromatic carbocycles. The quantitative estimate of drug-likeness (QED) is 0.695. The van der Waals surface area contributed by atoms with Gasteiger partial charge in [-0.3, -0.25) is 0 Å². The normalized spacial score (nSPS) is 20.4. The molecule has 1 aromatic rings. The third-order valence-electron chi connectivity index (χ3n) is 4.09. The average Bonchev–Trinajstić information content (AvgIpc) is 2.88. The minimum Gasteiger partial charge on any atom is -0.494 e. The molecular formula is C16H25NO5S2. The molecule has 0 radical (unpaired) electrons. The van der Waals surface area contributed by atoms with E-state index in [0.717, 1.165) is 6.42 Å². The number of hydrogen-bond acceptors (Lipinski definition) is 5. The van der Waals surface area contributed by atoms with E-state index < -0.39 is 25.9 Å². The van der Waals surface area contributed by atoms with Crippen LogP contribution in [0.15, 0.2) is 29.2 Å². The molecule has 1 aliphatic heterocycles. The van der Waals surface area contributed by atoms with Gasteiger partial charge in [-0.25, -0.2) is 16.8 Å². The van der Waals surface area contributed by atoms with Crippen LogP contribution in [0.4, 0.5) is 0 Å². The van der Waals surface area contributed by atoms with Crippen LogP contribution < -0.4 is 4.74 Å². The number of hydrogen-bond donors (Lipinski definition) is 0. The van der Waals surface area contributed by atoms with E-state index in [2.05, 4.69) is 0 Å². The van der Waals surface area contributed by atoms with Crippen LogP contribution >= 0.6 is 0 Å². The fourth-order valence-corrected chi connectivity index (χ4v) is 6.34. The predicted octanol–water partition coefficient (Wildman–Crippen LogP) is 2.06. The van der Waals surface area contributed by atoms with Gasteiger partial charge in [0.1, 0.15) is 5.75 Å². The monoisotopic (exact) mass is 375 g/mol. The van der Waals surface area contributed by atoms with Crippen LogP contribution in [0.5, 0.6) is 5.75 Å². The molecule has 0 N–H and O–H groups in total. The number of rotatable bonds is 8. The Morgan fingerprint density at radius 2 is 1.88 bits per heavy atom. The van der Waals surface area contributed by atoms with Crippen molar-refractivity contribution >= 4 is 19.9 Å². The molecule has 0 aromatic heterocycles.